The van der Waals surface area contributed by atoms with Gasteiger partial charge in [-0.2, -0.15) is 0 Å². The van der Waals surface area contributed by atoms with Gasteiger partial charge in [0, 0.05) is 6.54 Å². The Labute approximate surface area is 163 Å². The van der Waals surface area contributed by atoms with Crippen LogP contribution in [-0.4, -0.2) is 82.7 Å². The van der Waals surface area contributed by atoms with Crippen molar-refractivity contribution in [1.29, 1.82) is 0 Å². The number of carboxylic acid groups (broad SMARTS) is 1. The molecule has 1 aliphatic heterocycles. The molecule has 3 amide bonds. The summed E-state index contributed by atoms with van der Waals surface area (Å²) in [7, 11) is 0. The molecule has 0 bridgehead atoms. The minimum atomic E-state index is -1.22. The zero-order chi connectivity index (χ0) is 21.3. The Hall–Kier alpha value is -2.24. The Balaban J connectivity index is 2.70. The fraction of sp³-hybridized carbons (Fsp3) is 0.765. The Bertz CT molecular complexity index is 572. The summed E-state index contributed by atoms with van der Waals surface area (Å²) in [6.45, 7) is 1.44. The highest BCUT2D eigenvalue weighted by Gasteiger charge is 2.38. The van der Waals surface area contributed by atoms with Crippen LogP contribution in [0.3, 0.4) is 0 Å². The molecule has 8 N–H and O–H groups in total. The number of aliphatic hydroxyl groups is 1. The fourth-order valence-corrected chi connectivity index (χ4v) is 2.98. The molecule has 1 heterocycles. The van der Waals surface area contributed by atoms with Crippen molar-refractivity contribution in [2.24, 2.45) is 11.5 Å². The van der Waals surface area contributed by atoms with Gasteiger partial charge in [-0.05, 0) is 39.2 Å². The number of carboxylic acids is 1. The quantitative estimate of drug-likeness (QED) is 0.205. The lowest BCUT2D eigenvalue weighted by Gasteiger charge is -2.28. The predicted octanol–water partition coefficient (Wildman–Crippen LogP) is -2.50. The SMILES string of the molecule is CC(NC(=O)C1CCCN1C(=O)C(CO)NC(=O)C(N)CCCCN)C(=O)O. The number of hydrogen-bond donors (Lipinski definition) is 6. The van der Waals surface area contributed by atoms with E-state index in [2.05, 4.69) is 10.6 Å². The Kier molecular flexibility index (Phi) is 9.83. The van der Waals surface area contributed by atoms with Crippen molar-refractivity contribution in [1.82, 2.24) is 15.5 Å². The van der Waals surface area contributed by atoms with Gasteiger partial charge in [0.2, 0.25) is 17.7 Å². The Morgan fingerprint density at radius 1 is 1.21 bits per heavy atom. The first-order valence-electron chi connectivity index (χ1n) is 9.43. The third kappa shape index (κ3) is 6.73. The van der Waals surface area contributed by atoms with E-state index >= 15 is 0 Å². The van der Waals surface area contributed by atoms with Crippen LogP contribution in [0.15, 0.2) is 0 Å². The van der Waals surface area contributed by atoms with Gasteiger partial charge in [-0.3, -0.25) is 19.2 Å². The van der Waals surface area contributed by atoms with Gasteiger partial charge in [-0.15, -0.1) is 0 Å². The van der Waals surface area contributed by atoms with Gasteiger partial charge in [0.15, 0.2) is 0 Å². The summed E-state index contributed by atoms with van der Waals surface area (Å²) in [4.78, 5) is 49.4. The fourth-order valence-electron chi connectivity index (χ4n) is 2.98. The summed E-state index contributed by atoms with van der Waals surface area (Å²) >= 11 is 0. The van der Waals surface area contributed by atoms with Crippen LogP contribution < -0.4 is 22.1 Å². The molecule has 0 radical (unpaired) electrons. The summed E-state index contributed by atoms with van der Waals surface area (Å²) in [5.41, 5.74) is 11.2. The van der Waals surface area contributed by atoms with E-state index in [1.807, 2.05) is 0 Å². The summed E-state index contributed by atoms with van der Waals surface area (Å²) in [5, 5.41) is 23.2. The summed E-state index contributed by atoms with van der Waals surface area (Å²) < 4.78 is 0. The van der Waals surface area contributed by atoms with Crippen molar-refractivity contribution in [3.05, 3.63) is 0 Å². The second-order valence-corrected chi connectivity index (χ2v) is 6.89. The number of likely N-dealkylation sites (tertiary alicyclic amines) is 1. The average molecular weight is 401 g/mol. The molecule has 0 aromatic carbocycles. The van der Waals surface area contributed by atoms with Gasteiger partial charge in [0.1, 0.15) is 18.1 Å². The monoisotopic (exact) mass is 401 g/mol. The van der Waals surface area contributed by atoms with Gasteiger partial charge >= 0.3 is 5.97 Å². The topological polar surface area (TPSA) is 188 Å². The van der Waals surface area contributed by atoms with Crippen LogP contribution in [0.2, 0.25) is 0 Å². The predicted molar refractivity (Wildman–Crippen MR) is 99.9 cm³/mol. The highest BCUT2D eigenvalue weighted by Crippen LogP contribution is 2.19. The molecule has 0 spiro atoms. The van der Waals surface area contributed by atoms with Crippen molar-refractivity contribution in [3.63, 3.8) is 0 Å². The van der Waals surface area contributed by atoms with Gasteiger partial charge in [0.05, 0.1) is 12.6 Å². The highest BCUT2D eigenvalue weighted by molar-refractivity contribution is 5.94. The van der Waals surface area contributed by atoms with Crippen LogP contribution in [0.1, 0.15) is 39.0 Å². The molecule has 0 aromatic heterocycles. The molecule has 4 unspecified atom stereocenters. The van der Waals surface area contributed by atoms with Gasteiger partial charge in [0.25, 0.3) is 0 Å². The van der Waals surface area contributed by atoms with Crippen molar-refractivity contribution in [2.75, 3.05) is 19.7 Å². The number of nitrogens with two attached hydrogens (primary N) is 2. The number of nitrogens with one attached hydrogen (secondary N) is 2. The number of carbonyl (C=O) groups is 4. The summed E-state index contributed by atoms with van der Waals surface area (Å²) in [6.07, 6.45) is 2.71. The maximum absolute atomic E-state index is 12.7. The Morgan fingerprint density at radius 3 is 2.46 bits per heavy atom. The largest absolute Gasteiger partial charge is 0.480 e. The second-order valence-electron chi connectivity index (χ2n) is 6.89. The number of nitrogens with zero attached hydrogens (tertiary/aromatic N) is 1. The normalized spacial score (nSPS) is 19.6. The average Bonchev–Trinajstić information content (AvgIpc) is 3.15. The highest BCUT2D eigenvalue weighted by atomic mass is 16.4. The maximum Gasteiger partial charge on any atom is 0.325 e. The molecule has 28 heavy (non-hydrogen) atoms. The van der Waals surface area contributed by atoms with E-state index < -0.39 is 54.5 Å². The van der Waals surface area contributed by atoms with Crippen LogP contribution in [0, 0.1) is 0 Å². The molecule has 0 aromatic rings. The van der Waals surface area contributed by atoms with Gasteiger partial charge < -0.3 is 37.2 Å². The lowest BCUT2D eigenvalue weighted by atomic mass is 10.1. The van der Waals surface area contributed by atoms with Crippen molar-refractivity contribution in [3.8, 4) is 0 Å². The number of carbonyl (C=O) groups excluding carboxylic acids is 3. The number of rotatable bonds is 11. The molecule has 11 nitrogen and oxygen atoms in total. The van der Waals surface area contributed by atoms with Crippen LogP contribution >= 0.6 is 0 Å². The smallest absolute Gasteiger partial charge is 0.325 e. The molecular weight excluding hydrogens is 370 g/mol. The van der Waals surface area contributed by atoms with E-state index in [1.165, 1.54) is 11.8 Å². The van der Waals surface area contributed by atoms with Crippen molar-refractivity contribution >= 4 is 23.7 Å². The molecule has 1 fully saturated rings. The lowest BCUT2D eigenvalue weighted by Crippen LogP contribution is -2.57. The molecule has 4 atom stereocenters. The minimum Gasteiger partial charge on any atom is -0.480 e. The third-order valence-electron chi connectivity index (χ3n) is 4.67. The maximum atomic E-state index is 12.7. The number of hydrogen-bond acceptors (Lipinski definition) is 7. The molecule has 11 heteroatoms. The first-order valence-corrected chi connectivity index (χ1v) is 9.43. The van der Waals surface area contributed by atoms with Crippen LogP contribution in [0.5, 0.6) is 0 Å². The third-order valence-corrected chi connectivity index (χ3v) is 4.67. The summed E-state index contributed by atoms with van der Waals surface area (Å²) in [6, 6.07) is -4.00. The first kappa shape index (κ1) is 23.8. The molecule has 160 valence electrons. The molecule has 0 aliphatic carbocycles. The van der Waals surface area contributed by atoms with Crippen LogP contribution in [0.4, 0.5) is 0 Å². The lowest BCUT2D eigenvalue weighted by molar-refractivity contribution is -0.145. The number of unbranched alkanes of at least 4 members (excludes halogenated alkanes) is 1. The van der Waals surface area contributed by atoms with Gasteiger partial charge in [-0.25, -0.2) is 0 Å². The van der Waals surface area contributed by atoms with Crippen molar-refractivity contribution < 1.29 is 29.4 Å². The van der Waals surface area contributed by atoms with Crippen molar-refractivity contribution in [2.45, 2.75) is 63.2 Å². The number of aliphatic carboxylic acids is 1. The van der Waals surface area contributed by atoms with E-state index in [0.717, 1.165) is 6.42 Å². The standard InChI is InChI=1S/C17H31N5O6/c1-10(17(27)28)20-15(25)13-6-4-8-22(13)16(26)12(9-23)21-14(24)11(19)5-2-3-7-18/h10-13,23H,2-9,18-19H2,1H3,(H,20,25)(H,21,24)(H,27,28). The van der Waals surface area contributed by atoms with E-state index in [4.69, 9.17) is 16.6 Å². The molecule has 1 saturated heterocycles. The van der Waals surface area contributed by atoms with E-state index in [9.17, 15) is 24.3 Å². The van der Waals surface area contributed by atoms with Crippen LogP contribution in [-0.2, 0) is 19.2 Å². The zero-order valence-corrected chi connectivity index (χ0v) is 16.1. The van der Waals surface area contributed by atoms with E-state index in [0.29, 0.717) is 32.2 Å². The number of amides is 3. The van der Waals surface area contributed by atoms with E-state index in [1.54, 1.807) is 0 Å². The first-order chi connectivity index (χ1) is 13.2. The van der Waals surface area contributed by atoms with E-state index in [-0.39, 0.29) is 6.54 Å². The molecular formula is C17H31N5O6. The zero-order valence-electron chi connectivity index (χ0n) is 16.1. The number of aliphatic hydroxyl groups excluding tert-OH is 1. The molecule has 1 aliphatic rings. The molecule has 1 rings (SSSR count). The van der Waals surface area contributed by atoms with Gasteiger partial charge in [-0.1, -0.05) is 6.42 Å². The second kappa shape index (κ2) is 11.6. The summed E-state index contributed by atoms with van der Waals surface area (Å²) in [5.74, 6) is -2.94. The van der Waals surface area contributed by atoms with Crippen LogP contribution in [0.25, 0.3) is 0 Å². The minimum absolute atomic E-state index is 0.271. The molecule has 0 saturated carbocycles. The Morgan fingerprint density at radius 2 is 1.89 bits per heavy atom.